The molecule has 1 amide bonds. The zero-order valence-electron chi connectivity index (χ0n) is 17.2. The predicted octanol–water partition coefficient (Wildman–Crippen LogP) is 2.39. The molecule has 31 heavy (non-hydrogen) atoms. The lowest BCUT2D eigenvalue weighted by Gasteiger charge is -2.32. The van der Waals surface area contributed by atoms with Gasteiger partial charge in [0.15, 0.2) is 11.5 Å². The van der Waals surface area contributed by atoms with Gasteiger partial charge in [-0.25, -0.2) is 8.42 Å². The molecule has 2 aromatic rings. The second-order valence-corrected chi connectivity index (χ2v) is 9.48. The Hall–Kier alpha value is -3.09. The van der Waals surface area contributed by atoms with E-state index < -0.39 is 10.0 Å². The maximum absolute atomic E-state index is 13.1. The van der Waals surface area contributed by atoms with Gasteiger partial charge in [-0.05, 0) is 43.2 Å². The van der Waals surface area contributed by atoms with Gasteiger partial charge in [-0.2, -0.15) is 9.57 Å². The lowest BCUT2D eigenvalue weighted by molar-refractivity contribution is -0.123. The van der Waals surface area contributed by atoms with E-state index in [4.69, 9.17) is 14.7 Å². The van der Waals surface area contributed by atoms with Crippen LogP contribution in [-0.4, -0.2) is 52.0 Å². The molecule has 0 radical (unpaired) electrons. The van der Waals surface area contributed by atoms with Crippen molar-refractivity contribution < 1.29 is 22.7 Å². The fourth-order valence-corrected chi connectivity index (χ4v) is 5.35. The van der Waals surface area contributed by atoms with Crippen molar-refractivity contribution in [3.63, 3.8) is 0 Å². The number of rotatable bonds is 4. The predicted molar refractivity (Wildman–Crippen MR) is 113 cm³/mol. The lowest BCUT2D eigenvalue weighted by atomic mass is 9.96. The van der Waals surface area contributed by atoms with E-state index in [-0.39, 0.29) is 29.8 Å². The van der Waals surface area contributed by atoms with Crippen LogP contribution in [0.2, 0.25) is 0 Å². The maximum atomic E-state index is 13.1. The van der Waals surface area contributed by atoms with E-state index in [1.54, 1.807) is 37.4 Å². The number of nitrogens with zero attached hydrogens (tertiary/aromatic N) is 3. The molecular formula is C22H23N3O5S. The molecule has 1 saturated heterocycles. The van der Waals surface area contributed by atoms with Crippen molar-refractivity contribution in [1.82, 2.24) is 4.31 Å². The van der Waals surface area contributed by atoms with Crippen molar-refractivity contribution in [2.45, 2.75) is 17.7 Å². The molecule has 0 spiro atoms. The van der Waals surface area contributed by atoms with E-state index in [2.05, 4.69) is 6.07 Å². The zero-order valence-corrected chi connectivity index (χ0v) is 18.0. The summed E-state index contributed by atoms with van der Waals surface area (Å²) >= 11 is 0. The Morgan fingerprint density at radius 3 is 2.52 bits per heavy atom. The van der Waals surface area contributed by atoms with Crippen LogP contribution in [0.25, 0.3) is 0 Å². The molecule has 1 fully saturated rings. The highest BCUT2D eigenvalue weighted by atomic mass is 32.2. The Labute approximate surface area is 181 Å². The summed E-state index contributed by atoms with van der Waals surface area (Å²) in [5.41, 5.74) is 1.13. The van der Waals surface area contributed by atoms with E-state index in [1.165, 1.54) is 21.3 Å². The first-order valence-corrected chi connectivity index (χ1v) is 11.5. The number of benzene rings is 2. The van der Waals surface area contributed by atoms with Crippen LogP contribution in [0.5, 0.6) is 11.5 Å². The highest BCUT2D eigenvalue weighted by Gasteiger charge is 2.34. The largest absolute Gasteiger partial charge is 0.486 e. The summed E-state index contributed by atoms with van der Waals surface area (Å²) in [6.07, 6.45) is 0.871. The molecule has 8 nitrogen and oxygen atoms in total. The number of hydrogen-bond donors (Lipinski definition) is 0. The fraction of sp³-hybridized carbons (Fsp3) is 0.364. The van der Waals surface area contributed by atoms with Crippen LogP contribution in [0.4, 0.5) is 5.69 Å². The number of anilines is 1. The van der Waals surface area contributed by atoms with Gasteiger partial charge in [-0.15, -0.1) is 0 Å². The minimum Gasteiger partial charge on any atom is -0.486 e. The van der Waals surface area contributed by atoms with Crippen LogP contribution in [0.15, 0.2) is 47.4 Å². The summed E-state index contributed by atoms with van der Waals surface area (Å²) in [6.45, 7) is 1.35. The second-order valence-electron chi connectivity index (χ2n) is 7.54. The van der Waals surface area contributed by atoms with Gasteiger partial charge in [0.1, 0.15) is 13.2 Å². The van der Waals surface area contributed by atoms with E-state index in [0.717, 1.165) is 0 Å². The van der Waals surface area contributed by atoms with Gasteiger partial charge < -0.3 is 14.4 Å². The van der Waals surface area contributed by atoms with Crippen molar-refractivity contribution >= 4 is 21.6 Å². The van der Waals surface area contributed by atoms with Gasteiger partial charge in [0.2, 0.25) is 15.9 Å². The first-order chi connectivity index (χ1) is 14.9. The van der Waals surface area contributed by atoms with Gasteiger partial charge in [0.25, 0.3) is 0 Å². The van der Waals surface area contributed by atoms with Crippen molar-refractivity contribution in [2.24, 2.45) is 5.92 Å². The molecule has 2 aromatic carbocycles. The summed E-state index contributed by atoms with van der Waals surface area (Å²) in [6, 6.07) is 13.6. The summed E-state index contributed by atoms with van der Waals surface area (Å²) in [5, 5.41) is 9.07. The highest BCUT2D eigenvalue weighted by molar-refractivity contribution is 7.89. The third-order valence-electron chi connectivity index (χ3n) is 5.65. The number of fused-ring (bicyclic) bond motifs is 1. The van der Waals surface area contributed by atoms with E-state index in [0.29, 0.717) is 48.8 Å². The fourth-order valence-electron chi connectivity index (χ4n) is 3.86. The van der Waals surface area contributed by atoms with E-state index in [1.807, 2.05) is 0 Å². The molecule has 2 heterocycles. The summed E-state index contributed by atoms with van der Waals surface area (Å²) in [4.78, 5) is 14.6. The van der Waals surface area contributed by atoms with Gasteiger partial charge >= 0.3 is 0 Å². The Kier molecular flexibility index (Phi) is 5.85. The van der Waals surface area contributed by atoms with Crippen LogP contribution in [-0.2, 0) is 14.8 Å². The minimum absolute atomic E-state index is 0.0773. The number of carbonyl (C=O) groups excluding carboxylic acids is 1. The van der Waals surface area contributed by atoms with Crippen molar-refractivity contribution in [1.29, 1.82) is 5.26 Å². The van der Waals surface area contributed by atoms with Crippen molar-refractivity contribution in [3.05, 3.63) is 48.0 Å². The summed E-state index contributed by atoms with van der Waals surface area (Å²) in [5.74, 6) is 0.616. The lowest BCUT2D eigenvalue weighted by Crippen LogP contribution is -2.43. The smallest absolute Gasteiger partial charge is 0.243 e. The van der Waals surface area contributed by atoms with Crippen molar-refractivity contribution in [2.75, 3.05) is 38.3 Å². The van der Waals surface area contributed by atoms with E-state index >= 15 is 0 Å². The third-order valence-corrected chi connectivity index (χ3v) is 7.54. The standard InChI is InChI=1S/C22H23N3O5S/c1-24(18-4-2-3-16(13-18)15-23)22(26)17-7-9-25(10-8-17)31(27,28)19-5-6-20-21(14-19)30-12-11-29-20/h2-6,13-14,17H,7-12H2,1H3. The average molecular weight is 442 g/mol. The molecule has 0 saturated carbocycles. The molecule has 0 N–H and O–H groups in total. The maximum Gasteiger partial charge on any atom is 0.243 e. The molecule has 0 bridgehead atoms. The van der Waals surface area contributed by atoms with Crippen LogP contribution >= 0.6 is 0 Å². The van der Waals surface area contributed by atoms with Crippen molar-refractivity contribution in [3.8, 4) is 17.6 Å². The number of piperidine rings is 1. The Morgan fingerprint density at radius 1 is 1.10 bits per heavy atom. The molecule has 4 rings (SSSR count). The quantitative estimate of drug-likeness (QED) is 0.722. The highest BCUT2D eigenvalue weighted by Crippen LogP contribution is 2.34. The molecule has 2 aliphatic rings. The topological polar surface area (TPSA) is 99.9 Å². The number of sulfonamides is 1. The summed E-state index contributed by atoms with van der Waals surface area (Å²) < 4.78 is 38.5. The molecule has 0 atom stereocenters. The normalized spacial score (nSPS) is 17.0. The molecule has 162 valence electrons. The van der Waals surface area contributed by atoms with Gasteiger partial charge in [-0.3, -0.25) is 4.79 Å². The Morgan fingerprint density at radius 2 is 1.81 bits per heavy atom. The second kappa shape index (κ2) is 8.57. The number of ether oxygens (including phenoxy) is 2. The Bertz CT molecular complexity index is 1130. The average Bonchev–Trinajstić information content (AvgIpc) is 2.82. The number of nitriles is 1. The number of carbonyl (C=O) groups is 1. The first-order valence-electron chi connectivity index (χ1n) is 10.1. The van der Waals surface area contributed by atoms with Gasteiger partial charge in [0.05, 0.1) is 16.5 Å². The summed E-state index contributed by atoms with van der Waals surface area (Å²) in [7, 11) is -2.01. The SMILES string of the molecule is CN(C(=O)C1CCN(S(=O)(=O)c2ccc3c(c2)OCCO3)CC1)c1cccc(C#N)c1. The zero-order chi connectivity index (χ0) is 22.0. The monoisotopic (exact) mass is 441 g/mol. The molecule has 0 aliphatic carbocycles. The Balaban J connectivity index is 1.43. The van der Waals surface area contributed by atoms with Crippen LogP contribution in [0.1, 0.15) is 18.4 Å². The van der Waals surface area contributed by atoms with Crippen LogP contribution in [0, 0.1) is 17.2 Å². The minimum atomic E-state index is -3.69. The first kappa shape index (κ1) is 21.2. The third kappa shape index (κ3) is 4.22. The molecule has 0 unspecified atom stereocenters. The van der Waals surface area contributed by atoms with Gasteiger partial charge in [-0.1, -0.05) is 6.07 Å². The van der Waals surface area contributed by atoms with Crippen LogP contribution in [0.3, 0.4) is 0 Å². The van der Waals surface area contributed by atoms with Crippen LogP contribution < -0.4 is 14.4 Å². The van der Waals surface area contributed by atoms with Gasteiger partial charge in [0, 0.05) is 37.8 Å². The molecule has 9 heteroatoms. The number of hydrogen-bond acceptors (Lipinski definition) is 6. The number of amides is 1. The molecule has 0 aromatic heterocycles. The molecule has 2 aliphatic heterocycles. The van der Waals surface area contributed by atoms with E-state index in [9.17, 15) is 13.2 Å². The molecular weight excluding hydrogens is 418 g/mol.